The Morgan fingerprint density at radius 2 is 1.74 bits per heavy atom. The Kier molecular flexibility index (Phi) is 5.51. The lowest BCUT2D eigenvalue weighted by atomic mass is 9.81. The Balaban J connectivity index is 1.44. The fourth-order valence-corrected chi connectivity index (χ4v) is 5.20. The Morgan fingerprint density at radius 3 is 2.44 bits per heavy atom. The van der Waals surface area contributed by atoms with E-state index in [1.807, 2.05) is 43.3 Å². The van der Waals surface area contributed by atoms with Crippen LogP contribution in [0.3, 0.4) is 0 Å². The molecule has 3 nitrogen and oxygen atoms in total. The van der Waals surface area contributed by atoms with E-state index in [2.05, 4.69) is 17.4 Å². The van der Waals surface area contributed by atoms with Gasteiger partial charge in [0.25, 0.3) is 5.91 Å². The molecule has 0 spiro atoms. The number of hydrogen-bond donors (Lipinski definition) is 2. The molecular weight excluding hydrogens is 356 g/mol. The molecule has 2 heterocycles. The second-order valence-corrected chi connectivity index (χ2v) is 8.53. The van der Waals surface area contributed by atoms with E-state index in [9.17, 15) is 4.79 Å². The van der Waals surface area contributed by atoms with Gasteiger partial charge >= 0.3 is 0 Å². The van der Waals surface area contributed by atoms with E-state index in [1.54, 1.807) is 4.90 Å². The van der Waals surface area contributed by atoms with Crippen LogP contribution in [0.5, 0.6) is 0 Å². The Bertz CT molecular complexity index is 808. The van der Waals surface area contributed by atoms with Gasteiger partial charge in [-0.3, -0.25) is 4.79 Å². The molecule has 2 aliphatic rings. The molecule has 2 unspecified atom stereocenters. The summed E-state index contributed by atoms with van der Waals surface area (Å²) >= 11 is 6.41. The number of amides is 1. The average Bonchev–Trinajstić information content (AvgIpc) is 2.64. The summed E-state index contributed by atoms with van der Waals surface area (Å²) in [7, 11) is 0. The number of fused-ring (bicyclic) bond motifs is 2. The van der Waals surface area contributed by atoms with Gasteiger partial charge in [-0.25, -0.2) is 0 Å². The van der Waals surface area contributed by atoms with Crippen LogP contribution in [0, 0.1) is 6.92 Å². The molecule has 2 aliphatic heterocycles. The van der Waals surface area contributed by atoms with Crippen molar-refractivity contribution in [3.8, 4) is 0 Å². The highest BCUT2D eigenvalue weighted by Gasteiger charge is 2.42. The summed E-state index contributed by atoms with van der Waals surface area (Å²) in [4.78, 5) is 14.4. The zero-order valence-corrected chi connectivity index (χ0v) is 16.6. The monoisotopic (exact) mass is 383 g/mol. The molecule has 0 aliphatic carbocycles. The van der Waals surface area contributed by atoms with Crippen molar-refractivity contribution < 1.29 is 9.69 Å². The third-order valence-electron chi connectivity index (χ3n) is 6.37. The van der Waals surface area contributed by atoms with Crippen molar-refractivity contribution in [3.63, 3.8) is 0 Å². The Labute approximate surface area is 166 Å². The second-order valence-electron chi connectivity index (χ2n) is 8.12. The highest BCUT2D eigenvalue weighted by molar-refractivity contribution is 6.31. The molecule has 2 fully saturated rings. The minimum atomic E-state index is 0.0747. The number of rotatable bonds is 4. The second kappa shape index (κ2) is 8.04. The fourth-order valence-electron chi connectivity index (χ4n) is 5.00. The van der Waals surface area contributed by atoms with Gasteiger partial charge < -0.3 is 10.2 Å². The van der Waals surface area contributed by atoms with Gasteiger partial charge in [0, 0.05) is 35.0 Å². The normalized spacial score (nSPS) is 27.2. The number of quaternary nitrogens is 1. The molecule has 2 saturated heterocycles. The average molecular weight is 384 g/mol. The lowest BCUT2D eigenvalue weighted by Gasteiger charge is -2.46. The first kappa shape index (κ1) is 18.5. The summed E-state index contributed by atoms with van der Waals surface area (Å²) in [6.07, 6.45) is 5.92. The van der Waals surface area contributed by atoms with E-state index in [0.717, 1.165) is 35.5 Å². The van der Waals surface area contributed by atoms with Crippen molar-refractivity contribution in [2.24, 2.45) is 0 Å². The molecule has 4 atom stereocenters. The van der Waals surface area contributed by atoms with E-state index in [0.29, 0.717) is 12.1 Å². The lowest BCUT2D eigenvalue weighted by molar-refractivity contribution is -0.973. The third-order valence-corrected chi connectivity index (χ3v) is 6.74. The van der Waals surface area contributed by atoms with Crippen LogP contribution < -0.4 is 10.2 Å². The van der Waals surface area contributed by atoms with Crippen molar-refractivity contribution in [3.05, 3.63) is 70.2 Å². The summed E-state index contributed by atoms with van der Waals surface area (Å²) in [5, 5.41) is 4.20. The van der Waals surface area contributed by atoms with Crippen LogP contribution in [-0.4, -0.2) is 24.0 Å². The first-order chi connectivity index (χ1) is 13.1. The summed E-state index contributed by atoms with van der Waals surface area (Å²) < 4.78 is 0. The number of piperidine rings is 2. The van der Waals surface area contributed by atoms with Gasteiger partial charge in [0.15, 0.2) is 0 Å². The summed E-state index contributed by atoms with van der Waals surface area (Å²) in [5.41, 5.74) is 3.08. The van der Waals surface area contributed by atoms with Gasteiger partial charge in [-0.1, -0.05) is 48.0 Å². The predicted molar refractivity (Wildman–Crippen MR) is 109 cm³/mol. The molecule has 2 N–H and O–H groups in total. The molecule has 4 rings (SSSR count). The summed E-state index contributed by atoms with van der Waals surface area (Å²) in [6, 6.07) is 17.5. The number of hydrogen-bond acceptors (Lipinski definition) is 1. The maximum atomic E-state index is 12.7. The number of aryl methyl sites for hydroxylation is 1. The van der Waals surface area contributed by atoms with Crippen LogP contribution in [-0.2, 0) is 6.54 Å². The van der Waals surface area contributed by atoms with Gasteiger partial charge in [0.2, 0.25) is 0 Å². The van der Waals surface area contributed by atoms with Gasteiger partial charge in [0.1, 0.15) is 6.54 Å². The number of nitrogens with one attached hydrogen (secondary N) is 2. The molecule has 0 saturated carbocycles. The quantitative estimate of drug-likeness (QED) is 0.831. The topological polar surface area (TPSA) is 33.5 Å². The zero-order chi connectivity index (χ0) is 18.8. The Morgan fingerprint density at radius 1 is 1.07 bits per heavy atom. The zero-order valence-electron chi connectivity index (χ0n) is 15.9. The van der Waals surface area contributed by atoms with Crippen molar-refractivity contribution in [2.45, 2.75) is 63.7 Å². The molecule has 0 aromatic heterocycles. The van der Waals surface area contributed by atoms with E-state index in [-0.39, 0.29) is 11.9 Å². The van der Waals surface area contributed by atoms with Crippen LogP contribution in [0.15, 0.2) is 48.5 Å². The summed E-state index contributed by atoms with van der Waals surface area (Å²) in [6.45, 7) is 2.99. The van der Waals surface area contributed by atoms with Crippen LogP contribution in [0.2, 0.25) is 5.02 Å². The van der Waals surface area contributed by atoms with Crippen LogP contribution in [0.4, 0.5) is 0 Å². The minimum Gasteiger partial charge on any atom is -0.349 e. The van der Waals surface area contributed by atoms with E-state index < -0.39 is 0 Å². The standard InChI is InChI=1S/C23H27ClN2O/c1-16-7-2-4-11-21(16)23(27)25-18-13-19-9-6-10-20(14-18)26(19)15-17-8-3-5-12-22(17)24/h2-5,7-8,11-12,18-20H,6,9-10,13-15H2,1H3,(H,25,27)/p+1/t18?,19-,20+. The molecule has 0 radical (unpaired) electrons. The van der Waals surface area contributed by atoms with Gasteiger partial charge in [-0.15, -0.1) is 0 Å². The molecule has 4 heteroatoms. The van der Waals surface area contributed by atoms with Crippen molar-refractivity contribution in [1.29, 1.82) is 0 Å². The number of benzene rings is 2. The van der Waals surface area contributed by atoms with Crippen LogP contribution >= 0.6 is 11.6 Å². The van der Waals surface area contributed by atoms with Crippen molar-refractivity contribution in [2.75, 3.05) is 0 Å². The van der Waals surface area contributed by atoms with Crippen LogP contribution in [0.1, 0.15) is 53.6 Å². The van der Waals surface area contributed by atoms with Crippen molar-refractivity contribution >= 4 is 17.5 Å². The van der Waals surface area contributed by atoms with Gasteiger partial charge in [-0.2, -0.15) is 0 Å². The SMILES string of the molecule is Cc1ccccc1C(=O)NC1C[C@H]2CCC[C@@H](C1)[NH+]2Cc1ccccc1Cl. The first-order valence-corrected chi connectivity index (χ1v) is 10.4. The predicted octanol–water partition coefficient (Wildman–Crippen LogP) is 3.55. The maximum absolute atomic E-state index is 12.7. The molecule has 2 bridgehead atoms. The third kappa shape index (κ3) is 4.04. The summed E-state index contributed by atoms with van der Waals surface area (Å²) in [5.74, 6) is 0.0747. The smallest absolute Gasteiger partial charge is 0.251 e. The molecule has 2 aromatic rings. The van der Waals surface area contributed by atoms with E-state index in [4.69, 9.17) is 11.6 Å². The van der Waals surface area contributed by atoms with E-state index >= 15 is 0 Å². The van der Waals surface area contributed by atoms with E-state index in [1.165, 1.54) is 24.8 Å². The fraction of sp³-hybridized carbons (Fsp3) is 0.435. The molecule has 142 valence electrons. The van der Waals surface area contributed by atoms with Gasteiger partial charge in [0.05, 0.1) is 12.1 Å². The highest BCUT2D eigenvalue weighted by Crippen LogP contribution is 2.24. The number of halogens is 1. The lowest BCUT2D eigenvalue weighted by Crippen LogP contribution is -3.20. The minimum absolute atomic E-state index is 0.0747. The largest absolute Gasteiger partial charge is 0.349 e. The van der Waals surface area contributed by atoms with Crippen LogP contribution in [0.25, 0.3) is 0 Å². The van der Waals surface area contributed by atoms with Gasteiger partial charge in [-0.05, 0) is 43.9 Å². The Hall–Kier alpha value is -1.84. The highest BCUT2D eigenvalue weighted by atomic mass is 35.5. The number of carbonyl (C=O) groups excluding carboxylic acids is 1. The van der Waals surface area contributed by atoms with Crippen molar-refractivity contribution in [1.82, 2.24) is 5.32 Å². The molecular formula is C23H28ClN2O+. The maximum Gasteiger partial charge on any atom is 0.251 e. The first-order valence-electron chi connectivity index (χ1n) is 10.1. The molecule has 2 aromatic carbocycles. The molecule has 27 heavy (non-hydrogen) atoms. The molecule has 1 amide bonds. The number of carbonyl (C=O) groups is 1.